The monoisotopic (exact) mass is 348 g/mol. The molecule has 0 amide bonds. The lowest BCUT2D eigenvalue weighted by molar-refractivity contribution is 0.122. The molecule has 0 saturated carbocycles. The molecule has 7 nitrogen and oxygen atoms in total. The fourth-order valence-electron chi connectivity index (χ4n) is 2.43. The summed E-state index contributed by atoms with van der Waals surface area (Å²) in [6, 6.07) is 3.65. The molecule has 0 radical (unpaired) electrons. The number of pyridine rings is 1. The molecule has 3 aromatic heterocycles. The molecule has 1 saturated heterocycles. The summed E-state index contributed by atoms with van der Waals surface area (Å²) in [5, 5.41) is 1.04. The number of anilines is 2. The van der Waals surface area contributed by atoms with Gasteiger partial charge in [-0.25, -0.2) is 15.0 Å². The molecular formula is C14H13ClN6OS. The largest absolute Gasteiger partial charge is 0.384 e. The van der Waals surface area contributed by atoms with E-state index in [-0.39, 0.29) is 5.28 Å². The first-order valence-corrected chi connectivity index (χ1v) is 8.29. The zero-order valence-corrected chi connectivity index (χ0v) is 13.6. The summed E-state index contributed by atoms with van der Waals surface area (Å²) in [5.41, 5.74) is 7.29. The van der Waals surface area contributed by atoms with E-state index in [2.05, 4.69) is 19.9 Å². The molecular weight excluding hydrogens is 336 g/mol. The molecule has 2 N–H and O–H groups in total. The van der Waals surface area contributed by atoms with Crippen LogP contribution in [0.15, 0.2) is 18.3 Å². The Morgan fingerprint density at radius 1 is 1.17 bits per heavy atom. The SMILES string of the molecule is Nc1ccc(-c2nc3c(N4CCOCC4)nc(Cl)nc3s2)cn1. The summed E-state index contributed by atoms with van der Waals surface area (Å²) in [6.45, 7) is 2.86. The fourth-order valence-corrected chi connectivity index (χ4v) is 3.57. The standard InChI is InChI=1S/C14H13ClN6OS/c15-14-19-11(21-3-5-22-6-4-21)10-13(20-14)23-12(18-10)8-1-2-9(16)17-7-8/h1-2,7H,3-6H2,(H2,16,17). The zero-order chi connectivity index (χ0) is 15.8. The average Bonchev–Trinajstić information content (AvgIpc) is 2.99. The Bertz CT molecular complexity index is 846. The molecule has 118 valence electrons. The minimum absolute atomic E-state index is 0.227. The third-order valence-electron chi connectivity index (χ3n) is 3.56. The number of fused-ring (bicyclic) bond motifs is 1. The maximum atomic E-state index is 6.09. The molecule has 23 heavy (non-hydrogen) atoms. The molecule has 4 rings (SSSR count). The Morgan fingerprint density at radius 3 is 2.74 bits per heavy atom. The average molecular weight is 349 g/mol. The quantitative estimate of drug-likeness (QED) is 0.710. The summed E-state index contributed by atoms with van der Waals surface area (Å²) in [7, 11) is 0. The van der Waals surface area contributed by atoms with Crippen LogP contribution in [0.4, 0.5) is 11.6 Å². The van der Waals surface area contributed by atoms with Crippen molar-refractivity contribution in [1.82, 2.24) is 19.9 Å². The highest BCUT2D eigenvalue weighted by atomic mass is 35.5. The normalized spacial score (nSPS) is 15.3. The highest BCUT2D eigenvalue weighted by Gasteiger charge is 2.20. The lowest BCUT2D eigenvalue weighted by Crippen LogP contribution is -2.37. The van der Waals surface area contributed by atoms with E-state index in [0.29, 0.717) is 19.0 Å². The van der Waals surface area contributed by atoms with Crippen molar-refractivity contribution in [2.45, 2.75) is 0 Å². The van der Waals surface area contributed by atoms with Crippen LogP contribution in [-0.2, 0) is 4.74 Å². The highest BCUT2D eigenvalue weighted by molar-refractivity contribution is 7.21. The number of ether oxygens (including phenoxy) is 1. The van der Waals surface area contributed by atoms with Crippen LogP contribution in [0.2, 0.25) is 5.28 Å². The number of thiazole rings is 1. The van der Waals surface area contributed by atoms with Crippen molar-refractivity contribution in [2.24, 2.45) is 0 Å². The van der Waals surface area contributed by atoms with Gasteiger partial charge in [0.15, 0.2) is 10.6 Å². The second-order valence-corrected chi connectivity index (χ2v) is 6.38. The summed E-state index contributed by atoms with van der Waals surface area (Å²) in [5.74, 6) is 1.24. The van der Waals surface area contributed by atoms with Gasteiger partial charge < -0.3 is 15.4 Å². The van der Waals surface area contributed by atoms with Crippen molar-refractivity contribution in [3.05, 3.63) is 23.6 Å². The van der Waals surface area contributed by atoms with E-state index in [1.807, 2.05) is 6.07 Å². The Balaban J connectivity index is 1.82. The molecule has 0 unspecified atom stereocenters. The highest BCUT2D eigenvalue weighted by Crippen LogP contribution is 2.34. The third-order valence-corrected chi connectivity index (χ3v) is 4.72. The Labute approximate surface area is 141 Å². The number of hydrogen-bond donors (Lipinski definition) is 1. The fraction of sp³-hybridized carbons (Fsp3) is 0.286. The van der Waals surface area contributed by atoms with Gasteiger partial charge in [0, 0.05) is 24.8 Å². The van der Waals surface area contributed by atoms with Gasteiger partial charge >= 0.3 is 0 Å². The number of nitrogens with zero attached hydrogens (tertiary/aromatic N) is 5. The van der Waals surface area contributed by atoms with Crippen molar-refractivity contribution in [1.29, 1.82) is 0 Å². The maximum absolute atomic E-state index is 6.09. The van der Waals surface area contributed by atoms with Crippen LogP contribution >= 0.6 is 22.9 Å². The summed E-state index contributed by atoms with van der Waals surface area (Å²) in [6.07, 6.45) is 1.70. The first-order valence-electron chi connectivity index (χ1n) is 7.09. The predicted molar refractivity (Wildman–Crippen MR) is 90.9 cm³/mol. The Morgan fingerprint density at radius 2 is 2.00 bits per heavy atom. The molecule has 0 spiro atoms. The molecule has 0 aromatic carbocycles. The topological polar surface area (TPSA) is 90.0 Å². The third kappa shape index (κ3) is 2.80. The van der Waals surface area contributed by atoms with E-state index in [1.165, 1.54) is 11.3 Å². The van der Waals surface area contributed by atoms with E-state index in [1.54, 1.807) is 12.3 Å². The van der Waals surface area contributed by atoms with E-state index >= 15 is 0 Å². The number of morpholine rings is 1. The number of rotatable bonds is 2. The second-order valence-electron chi connectivity index (χ2n) is 5.06. The number of nitrogens with two attached hydrogens (primary N) is 1. The zero-order valence-electron chi connectivity index (χ0n) is 12.1. The summed E-state index contributed by atoms with van der Waals surface area (Å²) >= 11 is 7.55. The number of nitrogen functional groups attached to an aromatic ring is 1. The van der Waals surface area contributed by atoms with E-state index < -0.39 is 0 Å². The van der Waals surface area contributed by atoms with E-state index in [0.717, 1.165) is 39.8 Å². The lowest BCUT2D eigenvalue weighted by atomic mass is 10.3. The van der Waals surface area contributed by atoms with Crippen molar-refractivity contribution in [3.63, 3.8) is 0 Å². The van der Waals surface area contributed by atoms with Gasteiger partial charge in [0.2, 0.25) is 5.28 Å². The molecule has 0 bridgehead atoms. The number of hydrogen-bond acceptors (Lipinski definition) is 8. The first-order chi connectivity index (χ1) is 11.2. The maximum Gasteiger partial charge on any atom is 0.225 e. The van der Waals surface area contributed by atoms with Gasteiger partial charge in [0.25, 0.3) is 0 Å². The summed E-state index contributed by atoms with van der Waals surface area (Å²) < 4.78 is 5.39. The number of halogens is 1. The van der Waals surface area contributed by atoms with Crippen LogP contribution in [0.25, 0.3) is 20.9 Å². The van der Waals surface area contributed by atoms with Crippen LogP contribution in [0.3, 0.4) is 0 Å². The van der Waals surface area contributed by atoms with E-state index in [9.17, 15) is 0 Å². The molecule has 1 aliphatic rings. The molecule has 0 atom stereocenters. The van der Waals surface area contributed by atoms with Gasteiger partial charge in [-0.1, -0.05) is 11.3 Å². The predicted octanol–water partition coefficient (Wildman–Crippen LogP) is 2.22. The molecule has 1 aliphatic heterocycles. The van der Waals surface area contributed by atoms with E-state index in [4.69, 9.17) is 27.1 Å². The molecule has 3 aromatic rings. The lowest BCUT2D eigenvalue weighted by Gasteiger charge is -2.27. The minimum atomic E-state index is 0.227. The van der Waals surface area contributed by atoms with Crippen molar-refractivity contribution in [2.75, 3.05) is 36.9 Å². The van der Waals surface area contributed by atoms with Crippen molar-refractivity contribution < 1.29 is 4.74 Å². The molecule has 1 fully saturated rings. The van der Waals surface area contributed by atoms with Crippen molar-refractivity contribution in [3.8, 4) is 10.6 Å². The van der Waals surface area contributed by atoms with Crippen LogP contribution in [0.5, 0.6) is 0 Å². The van der Waals surface area contributed by atoms with Crippen LogP contribution in [-0.4, -0.2) is 46.2 Å². The second kappa shape index (κ2) is 5.88. The smallest absolute Gasteiger partial charge is 0.225 e. The van der Waals surface area contributed by atoms with Gasteiger partial charge in [-0.15, -0.1) is 0 Å². The molecule has 0 aliphatic carbocycles. The minimum Gasteiger partial charge on any atom is -0.384 e. The summed E-state index contributed by atoms with van der Waals surface area (Å²) in [4.78, 5) is 20.4. The van der Waals surface area contributed by atoms with Gasteiger partial charge in [-0.05, 0) is 23.7 Å². The van der Waals surface area contributed by atoms with Gasteiger partial charge in [0.1, 0.15) is 16.3 Å². The molecule has 9 heteroatoms. The number of aromatic nitrogens is 4. The Hall–Kier alpha value is -2.03. The first kappa shape index (κ1) is 14.6. The van der Waals surface area contributed by atoms with Crippen LogP contribution in [0.1, 0.15) is 0 Å². The van der Waals surface area contributed by atoms with Gasteiger partial charge in [0.05, 0.1) is 13.2 Å². The van der Waals surface area contributed by atoms with Crippen LogP contribution < -0.4 is 10.6 Å². The molecule has 4 heterocycles. The van der Waals surface area contributed by atoms with Gasteiger partial charge in [-0.3, -0.25) is 0 Å². The van der Waals surface area contributed by atoms with Crippen LogP contribution in [0, 0.1) is 0 Å². The Kier molecular flexibility index (Phi) is 3.72. The van der Waals surface area contributed by atoms with Gasteiger partial charge in [-0.2, -0.15) is 4.98 Å². The van der Waals surface area contributed by atoms with Crippen molar-refractivity contribution >= 4 is 44.9 Å².